The van der Waals surface area contributed by atoms with Crippen molar-refractivity contribution in [1.82, 2.24) is 4.90 Å². The SMILES string of the molecule is O=C(c1sccc1C#CCO)N1CCC(C(F)(F)F)CC1. The smallest absolute Gasteiger partial charge is 0.384 e. The van der Waals surface area contributed by atoms with E-state index in [0.29, 0.717) is 10.4 Å². The van der Waals surface area contributed by atoms with Crippen LogP contribution in [0.25, 0.3) is 0 Å². The molecule has 21 heavy (non-hydrogen) atoms. The van der Waals surface area contributed by atoms with E-state index < -0.39 is 12.1 Å². The van der Waals surface area contributed by atoms with E-state index >= 15 is 0 Å². The van der Waals surface area contributed by atoms with Gasteiger partial charge in [0.2, 0.25) is 0 Å². The van der Waals surface area contributed by atoms with Crippen molar-refractivity contribution in [2.45, 2.75) is 19.0 Å². The predicted octanol–water partition coefficient (Wildman–Crippen LogP) is 2.51. The summed E-state index contributed by atoms with van der Waals surface area (Å²) in [6.07, 6.45) is -4.30. The molecule has 1 aromatic heterocycles. The third-order valence-electron chi connectivity index (χ3n) is 3.41. The molecule has 1 fully saturated rings. The molecule has 1 aliphatic heterocycles. The zero-order chi connectivity index (χ0) is 15.5. The molecule has 2 heterocycles. The van der Waals surface area contributed by atoms with Gasteiger partial charge in [-0.05, 0) is 24.3 Å². The first-order chi connectivity index (χ1) is 9.93. The number of halogens is 3. The third kappa shape index (κ3) is 3.77. The number of carbonyl (C=O) groups excluding carboxylic acids is 1. The first-order valence-electron chi connectivity index (χ1n) is 6.46. The Morgan fingerprint density at radius 2 is 2.10 bits per heavy atom. The van der Waals surface area contributed by atoms with Crippen molar-refractivity contribution < 1.29 is 23.1 Å². The normalized spacial score (nSPS) is 16.5. The molecule has 1 aromatic rings. The highest BCUT2D eigenvalue weighted by molar-refractivity contribution is 7.12. The molecule has 3 nitrogen and oxygen atoms in total. The number of amides is 1. The molecule has 114 valence electrons. The maximum absolute atomic E-state index is 12.6. The Kier molecular flexibility index (Phi) is 4.91. The van der Waals surface area contributed by atoms with Gasteiger partial charge in [0, 0.05) is 18.7 Å². The van der Waals surface area contributed by atoms with Crippen LogP contribution in [0.4, 0.5) is 13.2 Å². The number of thiophene rings is 1. The molecular formula is C14H14F3NO2S. The summed E-state index contributed by atoms with van der Waals surface area (Å²) < 4.78 is 37.8. The molecule has 7 heteroatoms. The minimum absolute atomic E-state index is 0.0573. The van der Waals surface area contributed by atoms with Crippen LogP contribution in [0.2, 0.25) is 0 Å². The lowest BCUT2D eigenvalue weighted by Crippen LogP contribution is -2.42. The lowest BCUT2D eigenvalue weighted by atomic mass is 9.96. The Morgan fingerprint density at radius 1 is 1.43 bits per heavy atom. The van der Waals surface area contributed by atoms with Crippen molar-refractivity contribution in [2.75, 3.05) is 19.7 Å². The quantitative estimate of drug-likeness (QED) is 0.809. The Morgan fingerprint density at radius 3 is 2.67 bits per heavy atom. The van der Waals surface area contributed by atoms with Crippen LogP contribution in [-0.2, 0) is 0 Å². The molecule has 0 unspecified atom stereocenters. The zero-order valence-corrected chi connectivity index (χ0v) is 11.9. The van der Waals surface area contributed by atoms with Gasteiger partial charge < -0.3 is 10.0 Å². The number of aliphatic hydroxyl groups excluding tert-OH is 1. The van der Waals surface area contributed by atoms with Crippen molar-refractivity contribution in [3.63, 3.8) is 0 Å². The Bertz CT molecular complexity index is 563. The molecular weight excluding hydrogens is 303 g/mol. The van der Waals surface area contributed by atoms with Gasteiger partial charge in [-0.15, -0.1) is 11.3 Å². The fourth-order valence-corrected chi connectivity index (χ4v) is 3.08. The maximum Gasteiger partial charge on any atom is 0.391 e. The van der Waals surface area contributed by atoms with Crippen LogP contribution in [0.3, 0.4) is 0 Å². The molecule has 1 amide bonds. The average molecular weight is 317 g/mol. The van der Waals surface area contributed by atoms with Crippen molar-refractivity contribution in [3.8, 4) is 11.8 Å². The molecule has 1 saturated heterocycles. The molecule has 0 saturated carbocycles. The van der Waals surface area contributed by atoms with E-state index in [1.165, 1.54) is 16.2 Å². The van der Waals surface area contributed by atoms with Crippen LogP contribution in [0, 0.1) is 17.8 Å². The number of carbonyl (C=O) groups is 1. The van der Waals surface area contributed by atoms with Crippen molar-refractivity contribution >= 4 is 17.2 Å². The second-order valence-corrected chi connectivity index (χ2v) is 5.65. The lowest BCUT2D eigenvalue weighted by molar-refractivity contribution is -0.183. The molecule has 0 radical (unpaired) electrons. The number of likely N-dealkylation sites (tertiary alicyclic amines) is 1. The van der Waals surface area contributed by atoms with E-state index in [0.717, 1.165) is 0 Å². The van der Waals surface area contributed by atoms with E-state index in [4.69, 9.17) is 5.11 Å². The number of alkyl halides is 3. The molecule has 1 aliphatic rings. The van der Waals surface area contributed by atoms with Gasteiger partial charge in [-0.25, -0.2) is 0 Å². The number of nitrogens with zero attached hydrogens (tertiary/aromatic N) is 1. The lowest BCUT2D eigenvalue weighted by Gasteiger charge is -2.32. The van der Waals surface area contributed by atoms with Gasteiger partial charge in [0.25, 0.3) is 5.91 Å². The summed E-state index contributed by atoms with van der Waals surface area (Å²) in [5.41, 5.74) is 0.511. The average Bonchev–Trinajstić information content (AvgIpc) is 2.92. The number of hydrogen-bond acceptors (Lipinski definition) is 3. The van der Waals surface area contributed by atoms with E-state index in [2.05, 4.69) is 11.8 Å². The van der Waals surface area contributed by atoms with Crippen LogP contribution < -0.4 is 0 Å². The molecule has 0 aliphatic carbocycles. The number of rotatable bonds is 1. The summed E-state index contributed by atoms with van der Waals surface area (Å²) in [6.45, 7) is -0.0952. The summed E-state index contributed by atoms with van der Waals surface area (Å²) >= 11 is 1.21. The van der Waals surface area contributed by atoms with Crippen molar-refractivity contribution in [2.24, 2.45) is 5.92 Å². The zero-order valence-electron chi connectivity index (χ0n) is 11.1. The summed E-state index contributed by atoms with van der Waals surface area (Å²) in [4.78, 5) is 14.2. The topological polar surface area (TPSA) is 40.5 Å². The van der Waals surface area contributed by atoms with Crippen LogP contribution in [0.5, 0.6) is 0 Å². The van der Waals surface area contributed by atoms with Gasteiger partial charge in [-0.2, -0.15) is 13.2 Å². The maximum atomic E-state index is 12.6. The Labute approximate surface area is 124 Å². The third-order valence-corrected chi connectivity index (χ3v) is 4.31. The van der Waals surface area contributed by atoms with Gasteiger partial charge in [-0.3, -0.25) is 4.79 Å². The highest BCUT2D eigenvalue weighted by Crippen LogP contribution is 2.34. The van der Waals surface area contributed by atoms with Crippen LogP contribution in [-0.4, -0.2) is 41.8 Å². The van der Waals surface area contributed by atoms with E-state index in [9.17, 15) is 18.0 Å². The highest BCUT2D eigenvalue weighted by atomic mass is 32.1. The highest BCUT2D eigenvalue weighted by Gasteiger charge is 2.41. The van der Waals surface area contributed by atoms with E-state index in [1.54, 1.807) is 11.4 Å². The Balaban J connectivity index is 2.04. The van der Waals surface area contributed by atoms with Gasteiger partial charge >= 0.3 is 6.18 Å². The summed E-state index contributed by atoms with van der Waals surface area (Å²) in [5.74, 6) is 3.54. The predicted molar refractivity (Wildman–Crippen MR) is 73.0 cm³/mol. The molecule has 1 N–H and O–H groups in total. The van der Waals surface area contributed by atoms with Gasteiger partial charge in [0.05, 0.1) is 5.92 Å². The minimum atomic E-state index is -4.18. The van der Waals surface area contributed by atoms with E-state index in [-0.39, 0.29) is 38.4 Å². The Hall–Kier alpha value is -1.52. The van der Waals surface area contributed by atoms with Crippen molar-refractivity contribution in [3.05, 3.63) is 21.9 Å². The monoisotopic (exact) mass is 317 g/mol. The van der Waals surface area contributed by atoms with Gasteiger partial charge in [0.15, 0.2) is 0 Å². The molecule has 0 atom stereocenters. The van der Waals surface area contributed by atoms with Crippen molar-refractivity contribution in [1.29, 1.82) is 0 Å². The fraction of sp³-hybridized carbons (Fsp3) is 0.500. The second kappa shape index (κ2) is 6.50. The largest absolute Gasteiger partial charge is 0.391 e. The van der Waals surface area contributed by atoms with E-state index in [1.807, 2.05) is 0 Å². The van der Waals surface area contributed by atoms with Gasteiger partial charge in [-0.1, -0.05) is 11.8 Å². The fourth-order valence-electron chi connectivity index (χ4n) is 2.26. The van der Waals surface area contributed by atoms with Crippen LogP contribution in [0.1, 0.15) is 28.1 Å². The first-order valence-corrected chi connectivity index (χ1v) is 7.34. The molecule has 0 spiro atoms. The van der Waals surface area contributed by atoms with Gasteiger partial charge in [0.1, 0.15) is 11.5 Å². The molecule has 2 rings (SSSR count). The van der Waals surface area contributed by atoms with Crippen LogP contribution in [0.15, 0.2) is 11.4 Å². The molecule has 0 bridgehead atoms. The first kappa shape index (κ1) is 15.9. The minimum Gasteiger partial charge on any atom is -0.384 e. The summed E-state index contributed by atoms with van der Waals surface area (Å²) in [7, 11) is 0. The summed E-state index contributed by atoms with van der Waals surface area (Å²) in [5, 5.41) is 10.4. The van der Waals surface area contributed by atoms with Crippen LogP contribution >= 0.6 is 11.3 Å². The number of hydrogen-bond donors (Lipinski definition) is 1. The second-order valence-electron chi connectivity index (χ2n) is 4.73. The number of aliphatic hydroxyl groups is 1. The number of piperidine rings is 1. The summed E-state index contributed by atoms with van der Waals surface area (Å²) in [6, 6.07) is 1.67. The standard InChI is InChI=1S/C14H14F3NO2S/c15-14(16,17)11-3-6-18(7-4-11)13(20)12-10(2-1-8-19)5-9-21-12/h5,9,11,19H,3-4,6-8H2. The molecule has 0 aromatic carbocycles.